The van der Waals surface area contributed by atoms with Crippen LogP contribution >= 0.6 is 0 Å². The van der Waals surface area contributed by atoms with Gasteiger partial charge in [-0.1, -0.05) is 12.1 Å². The number of hydrogen-bond acceptors (Lipinski definition) is 6. The molecule has 4 N–H and O–H groups in total. The molecule has 34 heavy (non-hydrogen) atoms. The molecule has 1 heterocycles. The Kier molecular flexibility index (Phi) is 7.17. The second kappa shape index (κ2) is 10.3. The van der Waals surface area contributed by atoms with Crippen LogP contribution in [0.25, 0.3) is 0 Å². The van der Waals surface area contributed by atoms with Crippen LogP contribution in [0, 0.1) is 0 Å². The van der Waals surface area contributed by atoms with E-state index in [4.69, 9.17) is 20.2 Å². The minimum Gasteiger partial charge on any atom is -0.493 e. The molecular weight excluding hydrogens is 434 g/mol. The first-order valence-corrected chi connectivity index (χ1v) is 11.7. The Morgan fingerprint density at radius 2 is 2.00 bits per heavy atom. The van der Waals surface area contributed by atoms with Gasteiger partial charge in [-0.25, -0.2) is 0 Å². The molecule has 3 atom stereocenters. The second-order valence-electron chi connectivity index (χ2n) is 8.74. The number of aliphatic hydroxyl groups excluding tert-OH is 1. The fourth-order valence-corrected chi connectivity index (χ4v) is 4.81. The van der Waals surface area contributed by atoms with Gasteiger partial charge in [0.05, 0.1) is 31.6 Å². The summed E-state index contributed by atoms with van der Waals surface area (Å²) < 4.78 is 11.4. The predicted octanol–water partition coefficient (Wildman–Crippen LogP) is 3.15. The summed E-state index contributed by atoms with van der Waals surface area (Å²) in [5.74, 6) is 0.624. The van der Waals surface area contributed by atoms with Gasteiger partial charge in [0.2, 0.25) is 11.8 Å². The fraction of sp³-hybridized carbons (Fsp3) is 0.423. The number of methoxy groups -OCH3 is 1. The molecule has 0 saturated heterocycles. The van der Waals surface area contributed by atoms with E-state index in [0.717, 1.165) is 35.2 Å². The Morgan fingerprint density at radius 3 is 2.74 bits per heavy atom. The van der Waals surface area contributed by atoms with Crippen LogP contribution in [-0.4, -0.2) is 48.5 Å². The third kappa shape index (κ3) is 5.07. The lowest BCUT2D eigenvalue weighted by atomic mass is 9.74. The monoisotopic (exact) mass is 465 g/mol. The van der Waals surface area contributed by atoms with Gasteiger partial charge in [-0.05, 0) is 56.0 Å². The summed E-state index contributed by atoms with van der Waals surface area (Å²) in [5.41, 5.74) is 9.48. The van der Waals surface area contributed by atoms with E-state index in [9.17, 15) is 14.7 Å². The number of nitrogens with one attached hydrogen (secondary N) is 1. The zero-order valence-electron chi connectivity index (χ0n) is 19.5. The second-order valence-corrected chi connectivity index (χ2v) is 8.74. The van der Waals surface area contributed by atoms with Gasteiger partial charge >= 0.3 is 0 Å². The largest absolute Gasteiger partial charge is 0.493 e. The molecule has 2 aromatic carbocycles. The van der Waals surface area contributed by atoms with Gasteiger partial charge in [-0.15, -0.1) is 0 Å². The van der Waals surface area contributed by atoms with Crippen LogP contribution in [0.4, 0.5) is 5.69 Å². The number of ether oxygens (including phenoxy) is 2. The first-order chi connectivity index (χ1) is 16.4. The molecule has 0 radical (unpaired) electrons. The van der Waals surface area contributed by atoms with E-state index in [-0.39, 0.29) is 36.8 Å². The Labute approximate surface area is 199 Å². The minimum atomic E-state index is -0.510. The highest BCUT2D eigenvalue weighted by Crippen LogP contribution is 2.45. The number of rotatable bonds is 8. The van der Waals surface area contributed by atoms with E-state index < -0.39 is 5.91 Å². The first kappa shape index (κ1) is 23.8. The number of amides is 2. The molecule has 1 fully saturated rings. The van der Waals surface area contributed by atoms with E-state index >= 15 is 0 Å². The van der Waals surface area contributed by atoms with Crippen molar-refractivity contribution in [2.24, 2.45) is 10.7 Å². The smallest absolute Gasteiger partial charge is 0.224 e. The third-order valence-electron chi connectivity index (χ3n) is 6.39. The highest BCUT2D eigenvalue weighted by atomic mass is 16.5. The van der Waals surface area contributed by atoms with E-state index in [1.54, 1.807) is 13.2 Å². The van der Waals surface area contributed by atoms with Crippen molar-refractivity contribution in [3.63, 3.8) is 0 Å². The first-order valence-electron chi connectivity index (χ1n) is 11.7. The summed E-state index contributed by atoms with van der Waals surface area (Å²) in [4.78, 5) is 28.3. The van der Waals surface area contributed by atoms with Crippen LogP contribution in [0.2, 0.25) is 0 Å². The van der Waals surface area contributed by atoms with Crippen LogP contribution in [0.3, 0.4) is 0 Å². The van der Waals surface area contributed by atoms with Crippen molar-refractivity contribution in [2.45, 2.75) is 57.1 Å². The summed E-state index contributed by atoms with van der Waals surface area (Å²) >= 11 is 0. The Morgan fingerprint density at radius 1 is 1.18 bits per heavy atom. The molecule has 180 valence electrons. The Hall–Kier alpha value is -3.39. The number of aliphatic imine (C=N–C) groups is 1. The zero-order valence-corrected chi connectivity index (χ0v) is 19.5. The van der Waals surface area contributed by atoms with E-state index in [2.05, 4.69) is 5.32 Å². The standard InChI is InChI=1S/C26H31N3O5/c1-3-34-23-13-18-19-12-17(30)7-8-21(19)29-26(20(18)14-22(23)33-2)15-5-4-6-16(11-15)28-25(32)10-9-24(27)31/h4-6,11,13-14,17,19,21,30H,3,7-10,12H2,1-2H3,(H2,27,31)(H,28,32). The molecular formula is C26H31N3O5. The minimum absolute atomic E-state index is 0.00247. The van der Waals surface area contributed by atoms with Crippen LogP contribution in [-0.2, 0) is 9.59 Å². The summed E-state index contributed by atoms with van der Waals surface area (Å²) in [7, 11) is 1.61. The number of benzene rings is 2. The van der Waals surface area contributed by atoms with Gasteiger partial charge in [0.15, 0.2) is 11.5 Å². The molecule has 8 heteroatoms. The Bertz CT molecular complexity index is 1110. The molecule has 1 saturated carbocycles. The van der Waals surface area contributed by atoms with Crippen molar-refractivity contribution in [1.29, 1.82) is 0 Å². The number of hydrogen-bond donors (Lipinski definition) is 3. The molecule has 2 aromatic rings. The van der Waals surface area contributed by atoms with Gasteiger partial charge in [0.25, 0.3) is 0 Å². The zero-order chi connectivity index (χ0) is 24.2. The highest BCUT2D eigenvalue weighted by molar-refractivity contribution is 6.15. The molecule has 1 aliphatic carbocycles. The average Bonchev–Trinajstić information content (AvgIpc) is 2.82. The van der Waals surface area contributed by atoms with E-state index in [1.807, 2.05) is 37.3 Å². The number of carbonyl (C=O) groups excluding carboxylic acids is 2. The number of nitrogens with two attached hydrogens (primary N) is 1. The molecule has 0 bridgehead atoms. The third-order valence-corrected chi connectivity index (χ3v) is 6.39. The molecule has 8 nitrogen and oxygen atoms in total. The maximum Gasteiger partial charge on any atom is 0.224 e. The van der Waals surface area contributed by atoms with Gasteiger partial charge in [-0.3, -0.25) is 14.6 Å². The van der Waals surface area contributed by atoms with E-state index in [0.29, 0.717) is 30.2 Å². The van der Waals surface area contributed by atoms with Gasteiger partial charge in [0, 0.05) is 35.6 Å². The van der Waals surface area contributed by atoms with Crippen LogP contribution in [0.5, 0.6) is 11.5 Å². The van der Waals surface area contributed by atoms with Gasteiger partial charge < -0.3 is 25.6 Å². The highest BCUT2D eigenvalue weighted by Gasteiger charge is 2.37. The van der Waals surface area contributed by atoms with Gasteiger partial charge in [-0.2, -0.15) is 0 Å². The van der Waals surface area contributed by atoms with Crippen molar-refractivity contribution < 1.29 is 24.2 Å². The van der Waals surface area contributed by atoms with Gasteiger partial charge in [0.1, 0.15) is 0 Å². The maximum absolute atomic E-state index is 12.2. The lowest BCUT2D eigenvalue weighted by Crippen LogP contribution is -2.34. The maximum atomic E-state index is 12.2. The summed E-state index contributed by atoms with van der Waals surface area (Å²) in [6, 6.07) is 11.5. The predicted molar refractivity (Wildman–Crippen MR) is 130 cm³/mol. The van der Waals surface area contributed by atoms with Crippen molar-refractivity contribution in [1.82, 2.24) is 0 Å². The quantitative estimate of drug-likeness (QED) is 0.553. The molecule has 3 unspecified atom stereocenters. The van der Waals surface area contributed by atoms with Crippen LogP contribution < -0.4 is 20.5 Å². The number of primary amides is 1. The molecule has 0 spiro atoms. The molecule has 0 aromatic heterocycles. The van der Waals surface area contributed by atoms with E-state index in [1.165, 1.54) is 0 Å². The van der Waals surface area contributed by atoms with Crippen molar-refractivity contribution in [3.8, 4) is 11.5 Å². The topological polar surface area (TPSA) is 123 Å². The molecule has 2 aliphatic rings. The normalized spacial score (nSPS) is 21.0. The Balaban J connectivity index is 1.72. The number of fused-ring (bicyclic) bond motifs is 3. The molecule has 1 aliphatic heterocycles. The average molecular weight is 466 g/mol. The van der Waals surface area contributed by atoms with Crippen LogP contribution in [0.1, 0.15) is 61.6 Å². The fourth-order valence-electron chi connectivity index (χ4n) is 4.81. The van der Waals surface area contributed by atoms with Crippen molar-refractivity contribution in [3.05, 3.63) is 53.1 Å². The number of carbonyl (C=O) groups is 2. The molecule has 2 amide bonds. The summed E-state index contributed by atoms with van der Waals surface area (Å²) in [6.45, 7) is 2.45. The summed E-state index contributed by atoms with van der Waals surface area (Å²) in [5, 5.41) is 13.2. The lowest BCUT2D eigenvalue weighted by molar-refractivity contribution is -0.122. The summed E-state index contributed by atoms with van der Waals surface area (Å²) in [6.07, 6.45) is 1.87. The SMILES string of the molecule is CCOc1cc2c(cc1OC)C(c1cccc(NC(=O)CCC(N)=O)c1)=NC1CCC(O)CC21. The number of anilines is 1. The number of aliphatic hydroxyl groups is 1. The number of nitrogens with zero attached hydrogens (tertiary/aromatic N) is 1. The van der Waals surface area contributed by atoms with Crippen molar-refractivity contribution >= 4 is 23.2 Å². The van der Waals surface area contributed by atoms with Crippen molar-refractivity contribution in [2.75, 3.05) is 19.0 Å². The molecule has 4 rings (SSSR count). The van der Waals surface area contributed by atoms with Crippen LogP contribution in [0.15, 0.2) is 41.4 Å². The lowest BCUT2D eigenvalue weighted by Gasteiger charge is -2.37.